The van der Waals surface area contributed by atoms with Crippen molar-refractivity contribution >= 4 is 5.96 Å². The number of hydrogen-bond donors (Lipinski definition) is 3. The zero-order valence-corrected chi connectivity index (χ0v) is 19.1. The number of piperidine rings is 1. The van der Waals surface area contributed by atoms with Crippen LogP contribution in [0.3, 0.4) is 0 Å². The second-order valence-electron chi connectivity index (χ2n) is 8.18. The summed E-state index contributed by atoms with van der Waals surface area (Å²) in [6.07, 6.45) is 1.79. The van der Waals surface area contributed by atoms with Crippen LogP contribution in [0.5, 0.6) is 5.75 Å². The van der Waals surface area contributed by atoms with Crippen LogP contribution in [0.4, 0.5) is 0 Å². The van der Waals surface area contributed by atoms with Gasteiger partial charge in [-0.25, -0.2) is 0 Å². The SMILES string of the molecule is CCNC(=NCC(O)COc1cccc(C)c1)NC1CCN(CCOC(C)C)CC1. The van der Waals surface area contributed by atoms with Gasteiger partial charge in [0, 0.05) is 32.2 Å². The molecule has 1 aromatic carbocycles. The second kappa shape index (κ2) is 13.5. The maximum Gasteiger partial charge on any atom is 0.191 e. The van der Waals surface area contributed by atoms with E-state index in [0.29, 0.717) is 18.7 Å². The summed E-state index contributed by atoms with van der Waals surface area (Å²) in [5, 5.41) is 17.0. The van der Waals surface area contributed by atoms with E-state index in [4.69, 9.17) is 9.47 Å². The summed E-state index contributed by atoms with van der Waals surface area (Å²) in [7, 11) is 0. The minimum absolute atomic E-state index is 0.225. The van der Waals surface area contributed by atoms with Crippen LogP contribution in [0.2, 0.25) is 0 Å². The summed E-state index contributed by atoms with van der Waals surface area (Å²) in [5.41, 5.74) is 1.14. The molecule has 0 aliphatic carbocycles. The Bertz CT molecular complexity index is 631. The molecule has 3 N–H and O–H groups in total. The molecule has 0 saturated carbocycles. The van der Waals surface area contributed by atoms with Crippen molar-refractivity contribution in [3.63, 3.8) is 0 Å². The molecular formula is C23H40N4O3. The highest BCUT2D eigenvalue weighted by Crippen LogP contribution is 2.13. The van der Waals surface area contributed by atoms with Crippen molar-refractivity contribution in [3.8, 4) is 5.75 Å². The minimum Gasteiger partial charge on any atom is -0.491 e. The fourth-order valence-electron chi connectivity index (χ4n) is 3.38. The molecule has 30 heavy (non-hydrogen) atoms. The fraction of sp³-hybridized carbons (Fsp3) is 0.696. The summed E-state index contributed by atoms with van der Waals surface area (Å²) in [6, 6.07) is 8.22. The van der Waals surface area contributed by atoms with Crippen molar-refractivity contribution in [2.24, 2.45) is 4.99 Å². The number of hydrogen-bond acceptors (Lipinski definition) is 5. The lowest BCUT2D eigenvalue weighted by Crippen LogP contribution is -2.49. The molecule has 1 aliphatic heterocycles. The van der Waals surface area contributed by atoms with E-state index in [1.165, 1.54) is 0 Å². The van der Waals surface area contributed by atoms with Crippen LogP contribution in [0, 0.1) is 6.92 Å². The Labute approximate surface area is 181 Å². The normalized spacial score (nSPS) is 17.2. The van der Waals surface area contributed by atoms with Gasteiger partial charge < -0.3 is 30.1 Å². The lowest BCUT2D eigenvalue weighted by Gasteiger charge is -2.33. The van der Waals surface area contributed by atoms with Crippen LogP contribution in [0.1, 0.15) is 39.2 Å². The van der Waals surface area contributed by atoms with Gasteiger partial charge in [-0.05, 0) is 58.2 Å². The summed E-state index contributed by atoms with van der Waals surface area (Å²) < 4.78 is 11.3. The van der Waals surface area contributed by atoms with Crippen LogP contribution in [0.15, 0.2) is 29.3 Å². The number of aliphatic hydroxyl groups excluding tert-OH is 1. The van der Waals surface area contributed by atoms with Crippen LogP contribution < -0.4 is 15.4 Å². The number of benzene rings is 1. The van der Waals surface area contributed by atoms with Crippen molar-refractivity contribution < 1.29 is 14.6 Å². The van der Waals surface area contributed by atoms with Crippen LogP contribution in [-0.2, 0) is 4.74 Å². The topological polar surface area (TPSA) is 78.4 Å². The smallest absolute Gasteiger partial charge is 0.191 e. The lowest BCUT2D eigenvalue weighted by atomic mass is 10.1. The number of guanidine groups is 1. The molecule has 1 heterocycles. The van der Waals surface area contributed by atoms with Crippen molar-refractivity contribution in [1.82, 2.24) is 15.5 Å². The third kappa shape index (κ3) is 9.78. The molecule has 7 heteroatoms. The van der Waals surface area contributed by atoms with Crippen molar-refractivity contribution in [2.45, 2.75) is 58.8 Å². The molecule has 1 aromatic rings. The van der Waals surface area contributed by atoms with Crippen molar-refractivity contribution in [3.05, 3.63) is 29.8 Å². The number of nitrogens with zero attached hydrogens (tertiary/aromatic N) is 2. The molecular weight excluding hydrogens is 380 g/mol. The number of ether oxygens (including phenoxy) is 2. The van der Waals surface area contributed by atoms with Crippen molar-refractivity contribution in [1.29, 1.82) is 0 Å². The molecule has 1 unspecified atom stereocenters. The third-order valence-corrected chi connectivity index (χ3v) is 5.02. The molecule has 0 radical (unpaired) electrons. The number of aryl methyl sites for hydroxylation is 1. The number of nitrogens with one attached hydrogen (secondary N) is 2. The Balaban J connectivity index is 1.72. The maximum atomic E-state index is 10.3. The quantitative estimate of drug-likeness (QED) is 0.376. The van der Waals surface area contributed by atoms with Crippen molar-refractivity contribution in [2.75, 3.05) is 45.9 Å². The Kier molecular flexibility index (Phi) is 11.0. The van der Waals surface area contributed by atoms with Gasteiger partial charge in [-0.15, -0.1) is 0 Å². The monoisotopic (exact) mass is 420 g/mol. The van der Waals surface area contributed by atoms with E-state index >= 15 is 0 Å². The summed E-state index contributed by atoms with van der Waals surface area (Å²) in [6.45, 7) is 13.4. The first-order valence-electron chi connectivity index (χ1n) is 11.2. The van der Waals surface area contributed by atoms with Gasteiger partial charge in [0.15, 0.2) is 5.96 Å². The van der Waals surface area contributed by atoms with Gasteiger partial charge in [-0.3, -0.25) is 4.99 Å². The minimum atomic E-state index is -0.649. The molecule has 1 atom stereocenters. The van der Waals surface area contributed by atoms with E-state index in [9.17, 15) is 5.11 Å². The maximum absolute atomic E-state index is 10.3. The number of aliphatic hydroxyl groups is 1. The first-order valence-corrected chi connectivity index (χ1v) is 11.2. The van der Waals surface area contributed by atoms with E-state index in [2.05, 4.69) is 34.4 Å². The van der Waals surface area contributed by atoms with E-state index < -0.39 is 6.10 Å². The molecule has 0 bridgehead atoms. The first kappa shape index (κ1) is 24.4. The largest absolute Gasteiger partial charge is 0.491 e. The Morgan fingerprint density at radius 1 is 1.30 bits per heavy atom. The highest BCUT2D eigenvalue weighted by Gasteiger charge is 2.20. The third-order valence-electron chi connectivity index (χ3n) is 5.02. The van der Waals surface area contributed by atoms with Gasteiger partial charge in [0.25, 0.3) is 0 Å². The zero-order chi connectivity index (χ0) is 21.8. The molecule has 1 saturated heterocycles. The summed E-state index contributed by atoms with van der Waals surface area (Å²) >= 11 is 0. The number of likely N-dealkylation sites (tertiary alicyclic amines) is 1. The van der Waals surface area contributed by atoms with E-state index in [-0.39, 0.29) is 6.61 Å². The predicted octanol–water partition coefficient (Wildman–Crippen LogP) is 2.18. The van der Waals surface area contributed by atoms with Crippen LogP contribution >= 0.6 is 0 Å². The number of aliphatic imine (C=N–C) groups is 1. The van der Waals surface area contributed by atoms with Gasteiger partial charge in [-0.1, -0.05) is 12.1 Å². The highest BCUT2D eigenvalue weighted by molar-refractivity contribution is 5.80. The van der Waals surface area contributed by atoms with Crippen LogP contribution in [-0.4, -0.2) is 80.2 Å². The molecule has 0 amide bonds. The molecule has 170 valence electrons. The molecule has 1 fully saturated rings. The number of rotatable bonds is 11. The lowest BCUT2D eigenvalue weighted by molar-refractivity contribution is 0.0532. The molecule has 0 spiro atoms. The molecule has 1 aliphatic rings. The first-order chi connectivity index (χ1) is 14.5. The average Bonchev–Trinajstić information content (AvgIpc) is 2.72. The van der Waals surface area contributed by atoms with E-state index in [0.717, 1.165) is 62.9 Å². The highest BCUT2D eigenvalue weighted by atomic mass is 16.5. The predicted molar refractivity (Wildman–Crippen MR) is 122 cm³/mol. The van der Waals surface area contributed by atoms with Gasteiger partial charge >= 0.3 is 0 Å². The Morgan fingerprint density at radius 2 is 2.07 bits per heavy atom. The molecule has 0 aromatic heterocycles. The fourth-order valence-corrected chi connectivity index (χ4v) is 3.38. The van der Waals surface area contributed by atoms with E-state index in [1.807, 2.05) is 38.1 Å². The summed E-state index contributed by atoms with van der Waals surface area (Å²) in [5.74, 6) is 1.53. The summed E-state index contributed by atoms with van der Waals surface area (Å²) in [4.78, 5) is 7.01. The Hall–Kier alpha value is -1.83. The second-order valence-corrected chi connectivity index (χ2v) is 8.18. The average molecular weight is 421 g/mol. The van der Waals surface area contributed by atoms with E-state index in [1.54, 1.807) is 0 Å². The van der Waals surface area contributed by atoms with Crippen LogP contribution in [0.25, 0.3) is 0 Å². The van der Waals surface area contributed by atoms with Gasteiger partial charge in [0.1, 0.15) is 18.5 Å². The van der Waals surface area contributed by atoms with Gasteiger partial charge in [0.2, 0.25) is 0 Å². The van der Waals surface area contributed by atoms with Gasteiger partial charge in [0.05, 0.1) is 19.3 Å². The molecule has 2 rings (SSSR count). The Morgan fingerprint density at radius 3 is 2.73 bits per heavy atom. The standard InChI is InChI=1S/C23H40N4O3/c1-5-24-23(25-16-21(28)17-30-22-8-6-7-19(4)15-22)26-20-9-11-27(12-10-20)13-14-29-18(2)3/h6-8,15,18,20-21,28H,5,9-14,16-17H2,1-4H3,(H2,24,25,26). The molecule has 7 nitrogen and oxygen atoms in total. The van der Waals surface area contributed by atoms with Gasteiger partial charge in [-0.2, -0.15) is 0 Å². The zero-order valence-electron chi connectivity index (χ0n) is 19.1.